The van der Waals surface area contributed by atoms with Gasteiger partial charge < -0.3 is 5.32 Å². The topological polar surface area (TPSA) is 85.1 Å². The fourth-order valence-corrected chi connectivity index (χ4v) is 2.47. The molecule has 1 fully saturated rings. The van der Waals surface area contributed by atoms with Crippen molar-refractivity contribution in [3.05, 3.63) is 76.1 Å². The molecule has 1 amide bonds. The Morgan fingerprint density at radius 1 is 1.23 bits per heavy atom. The summed E-state index contributed by atoms with van der Waals surface area (Å²) in [5.41, 5.74) is 1.60. The SMILES string of the molecule is O=C(N[C@H](c1ccccc1)c1ccccn1)[C@H]1C[C@H]1[N+](=O)[O-]. The van der Waals surface area contributed by atoms with Crippen LogP contribution in [0.1, 0.15) is 23.7 Å². The summed E-state index contributed by atoms with van der Waals surface area (Å²) in [6, 6.07) is 13.8. The van der Waals surface area contributed by atoms with Crippen molar-refractivity contribution in [3.8, 4) is 0 Å². The molecule has 112 valence electrons. The first-order valence-corrected chi connectivity index (χ1v) is 7.06. The molecule has 0 radical (unpaired) electrons. The van der Waals surface area contributed by atoms with E-state index in [1.807, 2.05) is 42.5 Å². The molecule has 0 unspecified atom stereocenters. The van der Waals surface area contributed by atoms with Crippen LogP contribution in [0.4, 0.5) is 0 Å². The third-order valence-electron chi connectivity index (χ3n) is 3.77. The van der Waals surface area contributed by atoms with E-state index in [9.17, 15) is 14.9 Å². The fourth-order valence-electron chi connectivity index (χ4n) is 2.47. The van der Waals surface area contributed by atoms with Gasteiger partial charge in [-0.2, -0.15) is 0 Å². The summed E-state index contributed by atoms with van der Waals surface area (Å²) in [6.45, 7) is 0. The van der Waals surface area contributed by atoms with Gasteiger partial charge in [-0.05, 0) is 17.7 Å². The van der Waals surface area contributed by atoms with Crippen molar-refractivity contribution in [3.63, 3.8) is 0 Å². The van der Waals surface area contributed by atoms with Crippen LogP contribution in [0.25, 0.3) is 0 Å². The van der Waals surface area contributed by atoms with Crippen LogP contribution in [-0.4, -0.2) is 21.9 Å². The van der Waals surface area contributed by atoms with Crippen LogP contribution in [0, 0.1) is 16.0 Å². The first kappa shape index (κ1) is 14.2. The van der Waals surface area contributed by atoms with Crippen molar-refractivity contribution in [1.82, 2.24) is 10.3 Å². The maximum atomic E-state index is 12.2. The Labute approximate surface area is 127 Å². The number of rotatable bonds is 5. The van der Waals surface area contributed by atoms with Gasteiger partial charge >= 0.3 is 0 Å². The molecule has 6 nitrogen and oxygen atoms in total. The minimum absolute atomic E-state index is 0.291. The Bertz CT molecular complexity index is 636. The van der Waals surface area contributed by atoms with Crippen LogP contribution in [0.5, 0.6) is 0 Å². The Morgan fingerprint density at radius 3 is 2.55 bits per heavy atom. The largest absolute Gasteiger partial charge is 0.343 e. The average Bonchev–Trinajstić information content (AvgIpc) is 3.35. The molecule has 0 aliphatic heterocycles. The number of carbonyl (C=O) groups is 1. The zero-order valence-corrected chi connectivity index (χ0v) is 11.8. The van der Waals surface area contributed by atoms with Gasteiger partial charge in [0.05, 0.1) is 11.7 Å². The molecule has 2 aromatic rings. The Morgan fingerprint density at radius 2 is 1.95 bits per heavy atom. The van der Waals surface area contributed by atoms with Crippen LogP contribution < -0.4 is 5.32 Å². The quantitative estimate of drug-likeness (QED) is 0.675. The van der Waals surface area contributed by atoms with E-state index in [0.717, 1.165) is 5.56 Å². The van der Waals surface area contributed by atoms with E-state index in [4.69, 9.17) is 0 Å². The van der Waals surface area contributed by atoms with Crippen LogP contribution in [0.3, 0.4) is 0 Å². The van der Waals surface area contributed by atoms with Gasteiger partial charge in [0, 0.05) is 17.5 Å². The van der Waals surface area contributed by atoms with Crippen molar-refractivity contribution < 1.29 is 9.72 Å². The van der Waals surface area contributed by atoms with Gasteiger partial charge in [0.25, 0.3) is 0 Å². The molecule has 1 aromatic carbocycles. The van der Waals surface area contributed by atoms with Crippen LogP contribution in [-0.2, 0) is 4.79 Å². The number of carbonyl (C=O) groups excluding carboxylic acids is 1. The predicted octanol–water partition coefficient (Wildman–Crippen LogP) is 1.95. The first-order valence-electron chi connectivity index (χ1n) is 7.06. The zero-order chi connectivity index (χ0) is 15.5. The lowest BCUT2D eigenvalue weighted by molar-refractivity contribution is -0.497. The Balaban J connectivity index is 1.81. The van der Waals surface area contributed by atoms with E-state index in [1.54, 1.807) is 12.3 Å². The average molecular weight is 297 g/mol. The maximum Gasteiger partial charge on any atom is 0.231 e. The number of aromatic nitrogens is 1. The zero-order valence-electron chi connectivity index (χ0n) is 11.8. The summed E-state index contributed by atoms with van der Waals surface area (Å²) in [7, 11) is 0. The van der Waals surface area contributed by atoms with E-state index in [-0.39, 0.29) is 10.8 Å². The molecule has 22 heavy (non-hydrogen) atoms. The maximum absolute atomic E-state index is 12.2. The van der Waals surface area contributed by atoms with Crippen molar-refractivity contribution in [1.29, 1.82) is 0 Å². The minimum atomic E-state index is -0.750. The molecule has 6 heteroatoms. The van der Waals surface area contributed by atoms with Crippen molar-refractivity contribution in [2.75, 3.05) is 0 Å². The van der Waals surface area contributed by atoms with Gasteiger partial charge in [-0.15, -0.1) is 0 Å². The van der Waals surface area contributed by atoms with E-state index in [2.05, 4.69) is 10.3 Å². The minimum Gasteiger partial charge on any atom is -0.343 e. The summed E-state index contributed by atoms with van der Waals surface area (Å²) in [6.07, 6.45) is 1.97. The number of nitro groups is 1. The van der Waals surface area contributed by atoms with Crippen LogP contribution in [0.2, 0.25) is 0 Å². The van der Waals surface area contributed by atoms with E-state index < -0.39 is 18.0 Å². The standard InChI is InChI=1S/C16H15N3O3/c20-16(12-10-14(12)19(21)22)18-15(11-6-2-1-3-7-11)13-8-4-5-9-17-13/h1-9,12,14-15H,10H2,(H,18,20)/t12-,14+,15+/m0/s1. The first-order chi connectivity index (χ1) is 10.7. The van der Waals surface area contributed by atoms with Gasteiger partial charge in [-0.1, -0.05) is 36.4 Å². The Hall–Kier alpha value is -2.76. The lowest BCUT2D eigenvalue weighted by Gasteiger charge is -2.18. The van der Waals surface area contributed by atoms with Gasteiger partial charge in [-0.25, -0.2) is 0 Å². The predicted molar refractivity (Wildman–Crippen MR) is 79.6 cm³/mol. The van der Waals surface area contributed by atoms with Gasteiger partial charge in [-0.3, -0.25) is 19.9 Å². The van der Waals surface area contributed by atoms with Crippen LogP contribution in [0.15, 0.2) is 54.7 Å². The summed E-state index contributed by atoms with van der Waals surface area (Å²) < 4.78 is 0. The molecular weight excluding hydrogens is 282 g/mol. The van der Waals surface area contributed by atoms with Gasteiger partial charge in [0.1, 0.15) is 5.92 Å². The second-order valence-electron chi connectivity index (χ2n) is 5.30. The highest BCUT2D eigenvalue weighted by molar-refractivity contribution is 5.82. The van der Waals surface area contributed by atoms with Crippen LogP contribution >= 0.6 is 0 Å². The lowest BCUT2D eigenvalue weighted by atomic mass is 10.0. The number of nitrogens with one attached hydrogen (secondary N) is 1. The molecule has 0 bridgehead atoms. The molecule has 1 aliphatic carbocycles. The Kier molecular flexibility index (Phi) is 3.82. The molecule has 1 N–H and O–H groups in total. The molecular formula is C16H15N3O3. The second-order valence-corrected chi connectivity index (χ2v) is 5.30. The fraction of sp³-hybridized carbons (Fsp3) is 0.250. The van der Waals surface area contributed by atoms with Crippen molar-refractivity contribution in [2.45, 2.75) is 18.5 Å². The number of hydrogen-bond donors (Lipinski definition) is 1. The molecule has 1 heterocycles. The molecule has 0 saturated heterocycles. The van der Waals surface area contributed by atoms with Crippen molar-refractivity contribution in [2.24, 2.45) is 5.92 Å². The highest BCUT2D eigenvalue weighted by atomic mass is 16.6. The molecule has 1 aromatic heterocycles. The summed E-state index contributed by atoms with van der Waals surface area (Å²) in [5.74, 6) is -0.828. The highest BCUT2D eigenvalue weighted by Gasteiger charge is 2.53. The number of hydrogen-bond acceptors (Lipinski definition) is 4. The monoisotopic (exact) mass is 297 g/mol. The van der Waals surface area contributed by atoms with E-state index >= 15 is 0 Å². The van der Waals surface area contributed by atoms with Crippen molar-refractivity contribution >= 4 is 5.91 Å². The third-order valence-corrected chi connectivity index (χ3v) is 3.77. The normalized spacial score (nSPS) is 20.9. The number of benzene rings is 1. The third kappa shape index (κ3) is 2.95. The summed E-state index contributed by atoms with van der Waals surface area (Å²) in [5, 5.41) is 13.6. The smallest absolute Gasteiger partial charge is 0.231 e. The lowest BCUT2D eigenvalue weighted by Crippen LogP contribution is -2.32. The number of amides is 1. The molecule has 3 rings (SSSR count). The number of nitrogens with zero attached hydrogens (tertiary/aromatic N) is 2. The number of pyridine rings is 1. The summed E-state index contributed by atoms with van der Waals surface area (Å²) in [4.78, 5) is 26.9. The highest BCUT2D eigenvalue weighted by Crippen LogP contribution is 2.34. The summed E-state index contributed by atoms with van der Waals surface area (Å²) >= 11 is 0. The van der Waals surface area contributed by atoms with E-state index in [1.165, 1.54) is 0 Å². The van der Waals surface area contributed by atoms with E-state index in [0.29, 0.717) is 12.1 Å². The van der Waals surface area contributed by atoms with Gasteiger partial charge in [0.15, 0.2) is 0 Å². The molecule has 3 atom stereocenters. The second kappa shape index (κ2) is 5.93. The molecule has 1 saturated carbocycles. The molecule has 1 aliphatic rings. The van der Waals surface area contributed by atoms with Gasteiger partial charge in [0.2, 0.25) is 11.9 Å². The molecule has 0 spiro atoms.